The quantitative estimate of drug-likeness (QED) is 0.480. The topological polar surface area (TPSA) is 31.4 Å². The van der Waals surface area contributed by atoms with E-state index in [1.807, 2.05) is 6.92 Å². The molecule has 3 nitrogen and oxygen atoms in total. The van der Waals surface area contributed by atoms with E-state index in [0.717, 1.165) is 0 Å². The molecule has 0 saturated heterocycles. The van der Waals surface area contributed by atoms with Crippen LogP contribution in [0.2, 0.25) is 0 Å². The second-order valence-corrected chi connectivity index (χ2v) is 1.85. The summed E-state index contributed by atoms with van der Waals surface area (Å²) in [6.45, 7) is 2.81. The van der Waals surface area contributed by atoms with Gasteiger partial charge in [-0.3, -0.25) is 0 Å². The smallest absolute Gasteiger partial charge is 0.216 e. The second-order valence-electron chi connectivity index (χ2n) is 1.85. The lowest BCUT2D eigenvalue weighted by atomic mass is 10.5. The van der Waals surface area contributed by atoms with Crippen molar-refractivity contribution in [3.63, 3.8) is 0 Å². The molecule has 0 aliphatic heterocycles. The number of nitrogens with zero attached hydrogens (tertiary/aromatic N) is 1. The van der Waals surface area contributed by atoms with Crippen LogP contribution < -0.4 is 4.74 Å². The minimum Gasteiger partial charge on any atom is -0.451 e. The molecule has 0 amide bonds. The number of hydrogen-bond donors (Lipinski definition) is 0. The zero-order valence-electron chi connectivity index (χ0n) is 6.41. The highest BCUT2D eigenvalue weighted by atomic mass is 16.7. The molecule has 1 rings (SSSR count). The summed E-state index contributed by atoms with van der Waals surface area (Å²) in [5.74, 6) is 0.543. The van der Waals surface area contributed by atoms with E-state index in [0.29, 0.717) is 12.5 Å². The predicted octanol–water partition coefficient (Wildman–Crippen LogP) is 1.25. The van der Waals surface area contributed by atoms with Crippen LogP contribution in [0.5, 0.6) is 5.88 Å². The van der Waals surface area contributed by atoms with Gasteiger partial charge in [-0.05, 0) is 19.1 Å². The molecule has 3 heteroatoms. The lowest BCUT2D eigenvalue weighted by Crippen LogP contribution is -2.02. The van der Waals surface area contributed by atoms with E-state index < -0.39 is 0 Å². The SMILES string of the molecule is CCOCOc1c[c]ccn1. The van der Waals surface area contributed by atoms with Gasteiger partial charge >= 0.3 is 0 Å². The molecule has 0 saturated carbocycles. The molecule has 0 spiro atoms. The van der Waals surface area contributed by atoms with Gasteiger partial charge in [0, 0.05) is 18.9 Å². The van der Waals surface area contributed by atoms with E-state index in [1.54, 1.807) is 18.3 Å². The van der Waals surface area contributed by atoms with Gasteiger partial charge in [0.2, 0.25) is 5.88 Å². The van der Waals surface area contributed by atoms with Crippen LogP contribution in [-0.2, 0) is 4.74 Å². The predicted molar refractivity (Wildman–Crippen MR) is 40.2 cm³/mol. The summed E-state index contributed by atoms with van der Waals surface area (Å²) in [5, 5.41) is 0. The van der Waals surface area contributed by atoms with E-state index in [-0.39, 0.29) is 6.79 Å². The Hall–Kier alpha value is -1.09. The lowest BCUT2D eigenvalue weighted by molar-refractivity contribution is 0.0196. The molecule has 1 aromatic heterocycles. The van der Waals surface area contributed by atoms with Gasteiger partial charge in [-0.1, -0.05) is 0 Å². The molecule has 0 bridgehead atoms. The second kappa shape index (κ2) is 4.68. The van der Waals surface area contributed by atoms with Gasteiger partial charge in [0.25, 0.3) is 0 Å². The molecular formula is C8H10NO2. The first-order valence-corrected chi connectivity index (χ1v) is 3.46. The van der Waals surface area contributed by atoms with Crippen LogP contribution >= 0.6 is 0 Å². The van der Waals surface area contributed by atoms with E-state index in [9.17, 15) is 0 Å². The van der Waals surface area contributed by atoms with Crippen LogP contribution in [0.15, 0.2) is 18.3 Å². The zero-order valence-corrected chi connectivity index (χ0v) is 6.41. The summed E-state index contributed by atoms with van der Waals surface area (Å²) in [7, 11) is 0. The fourth-order valence-electron chi connectivity index (χ4n) is 0.575. The van der Waals surface area contributed by atoms with Crippen LogP contribution in [0.3, 0.4) is 0 Å². The highest BCUT2D eigenvalue weighted by Crippen LogP contribution is 2.01. The molecule has 0 fully saturated rings. The van der Waals surface area contributed by atoms with Crippen LogP contribution in [0.4, 0.5) is 0 Å². The van der Waals surface area contributed by atoms with Crippen molar-refractivity contribution in [1.82, 2.24) is 4.98 Å². The summed E-state index contributed by atoms with van der Waals surface area (Å²) in [6.07, 6.45) is 1.63. The summed E-state index contributed by atoms with van der Waals surface area (Å²) in [5.41, 5.74) is 0. The van der Waals surface area contributed by atoms with E-state index >= 15 is 0 Å². The van der Waals surface area contributed by atoms with Gasteiger partial charge in [0.1, 0.15) is 0 Å². The van der Waals surface area contributed by atoms with E-state index in [2.05, 4.69) is 11.1 Å². The largest absolute Gasteiger partial charge is 0.451 e. The Labute approximate surface area is 66.0 Å². The van der Waals surface area contributed by atoms with Crippen molar-refractivity contribution < 1.29 is 9.47 Å². The van der Waals surface area contributed by atoms with Crippen LogP contribution in [0.1, 0.15) is 6.92 Å². The maximum absolute atomic E-state index is 5.08. The molecular weight excluding hydrogens is 142 g/mol. The molecule has 0 aliphatic carbocycles. The maximum Gasteiger partial charge on any atom is 0.216 e. The fourth-order valence-corrected chi connectivity index (χ4v) is 0.575. The Morgan fingerprint density at radius 3 is 3.18 bits per heavy atom. The maximum atomic E-state index is 5.08. The number of hydrogen-bond acceptors (Lipinski definition) is 3. The van der Waals surface area contributed by atoms with Crippen LogP contribution in [0.25, 0.3) is 0 Å². The average molecular weight is 152 g/mol. The summed E-state index contributed by atoms with van der Waals surface area (Å²) in [6, 6.07) is 6.23. The molecule has 0 aliphatic rings. The third-order valence-corrected chi connectivity index (χ3v) is 1.07. The lowest BCUT2D eigenvalue weighted by Gasteiger charge is -2.02. The minimum atomic E-state index is 0.251. The first-order chi connectivity index (χ1) is 5.43. The molecule has 1 heterocycles. The van der Waals surface area contributed by atoms with Crippen molar-refractivity contribution in [2.45, 2.75) is 6.92 Å². The van der Waals surface area contributed by atoms with Gasteiger partial charge in [-0.25, -0.2) is 4.98 Å². The van der Waals surface area contributed by atoms with Crippen molar-refractivity contribution in [3.05, 3.63) is 24.4 Å². The van der Waals surface area contributed by atoms with Crippen molar-refractivity contribution in [2.24, 2.45) is 0 Å². The molecule has 59 valence electrons. The molecule has 1 aromatic rings. The number of pyridine rings is 1. The molecule has 0 aromatic carbocycles. The highest BCUT2D eigenvalue weighted by Gasteiger charge is 1.89. The number of ether oxygens (including phenoxy) is 2. The van der Waals surface area contributed by atoms with E-state index in [4.69, 9.17) is 9.47 Å². The Morgan fingerprint density at radius 2 is 2.55 bits per heavy atom. The standard InChI is InChI=1S/C8H10NO2/c1-2-10-7-11-8-5-3-4-6-9-8/h4-6H,2,7H2,1H3. The third kappa shape index (κ3) is 3.00. The first-order valence-electron chi connectivity index (χ1n) is 3.46. The Bertz CT molecular complexity index is 189. The molecule has 1 radical (unpaired) electrons. The number of rotatable bonds is 4. The Morgan fingerprint density at radius 1 is 1.64 bits per heavy atom. The normalized spacial score (nSPS) is 9.55. The molecule has 0 N–H and O–H groups in total. The van der Waals surface area contributed by atoms with Gasteiger partial charge in [-0.2, -0.15) is 0 Å². The monoisotopic (exact) mass is 152 g/mol. The van der Waals surface area contributed by atoms with Crippen LogP contribution in [-0.4, -0.2) is 18.4 Å². The Kier molecular flexibility index (Phi) is 3.41. The van der Waals surface area contributed by atoms with Crippen molar-refractivity contribution in [2.75, 3.05) is 13.4 Å². The van der Waals surface area contributed by atoms with Gasteiger partial charge < -0.3 is 9.47 Å². The molecule has 11 heavy (non-hydrogen) atoms. The van der Waals surface area contributed by atoms with Gasteiger partial charge in [0.15, 0.2) is 6.79 Å². The van der Waals surface area contributed by atoms with Gasteiger partial charge in [0.05, 0.1) is 0 Å². The summed E-state index contributed by atoms with van der Waals surface area (Å²) in [4.78, 5) is 3.92. The van der Waals surface area contributed by atoms with Gasteiger partial charge in [-0.15, -0.1) is 0 Å². The van der Waals surface area contributed by atoms with E-state index in [1.165, 1.54) is 0 Å². The van der Waals surface area contributed by atoms with Crippen molar-refractivity contribution in [3.8, 4) is 5.88 Å². The molecule has 0 unspecified atom stereocenters. The third-order valence-electron chi connectivity index (χ3n) is 1.07. The molecule has 0 atom stereocenters. The minimum absolute atomic E-state index is 0.251. The average Bonchev–Trinajstić information content (AvgIpc) is 2.07. The van der Waals surface area contributed by atoms with Crippen LogP contribution in [0, 0.1) is 6.07 Å². The fraction of sp³-hybridized carbons (Fsp3) is 0.375. The summed E-state index contributed by atoms with van der Waals surface area (Å²) < 4.78 is 10.0. The summed E-state index contributed by atoms with van der Waals surface area (Å²) >= 11 is 0. The van der Waals surface area contributed by atoms with Crippen molar-refractivity contribution >= 4 is 0 Å². The Balaban J connectivity index is 2.28. The zero-order chi connectivity index (χ0) is 7.94. The number of aromatic nitrogens is 1. The highest BCUT2D eigenvalue weighted by molar-refractivity contribution is 5.07. The first kappa shape index (κ1) is 8.01. The van der Waals surface area contributed by atoms with Crippen molar-refractivity contribution in [1.29, 1.82) is 0 Å².